The first-order valence-corrected chi connectivity index (χ1v) is 12.8. The second kappa shape index (κ2) is 12.6. The molecule has 1 fully saturated rings. The Morgan fingerprint density at radius 2 is 1.67 bits per heavy atom. The topological polar surface area (TPSA) is 68.3 Å². The third kappa shape index (κ3) is 6.66. The quantitative estimate of drug-likeness (QED) is 0.282. The van der Waals surface area contributed by atoms with Crippen LogP contribution in [-0.4, -0.2) is 42.3 Å². The van der Waals surface area contributed by atoms with E-state index in [-0.39, 0.29) is 12.0 Å². The van der Waals surface area contributed by atoms with Gasteiger partial charge in [0.1, 0.15) is 0 Å². The van der Waals surface area contributed by atoms with Crippen LogP contribution < -0.4 is 10.6 Å². The SMILES string of the molecule is c1ccc(COCCCNc2ncc(C3CCNCC3OCc3ccc4ccccc4c3)cn2)cc1. The lowest BCUT2D eigenvalue weighted by molar-refractivity contribution is 0.0105. The zero-order valence-electron chi connectivity index (χ0n) is 20.6. The average Bonchev–Trinajstić information content (AvgIpc) is 2.95. The molecule has 6 nitrogen and oxygen atoms in total. The zero-order valence-corrected chi connectivity index (χ0v) is 20.6. The molecule has 0 bridgehead atoms. The van der Waals surface area contributed by atoms with Crippen LogP contribution in [0.25, 0.3) is 10.8 Å². The number of hydrogen-bond acceptors (Lipinski definition) is 6. The van der Waals surface area contributed by atoms with E-state index in [0.29, 0.717) is 25.8 Å². The molecule has 0 aliphatic carbocycles. The second-order valence-electron chi connectivity index (χ2n) is 9.29. The molecule has 36 heavy (non-hydrogen) atoms. The Morgan fingerprint density at radius 3 is 2.53 bits per heavy atom. The highest BCUT2D eigenvalue weighted by Crippen LogP contribution is 2.28. The molecule has 2 heterocycles. The van der Waals surface area contributed by atoms with Crippen LogP contribution in [0.15, 0.2) is 85.2 Å². The zero-order chi connectivity index (χ0) is 24.4. The Bertz CT molecular complexity index is 1220. The van der Waals surface area contributed by atoms with Gasteiger partial charge in [0, 0.05) is 38.0 Å². The van der Waals surface area contributed by atoms with Gasteiger partial charge in [0.2, 0.25) is 5.95 Å². The van der Waals surface area contributed by atoms with Gasteiger partial charge < -0.3 is 20.1 Å². The van der Waals surface area contributed by atoms with Crippen LogP contribution in [0.1, 0.15) is 35.4 Å². The average molecular weight is 483 g/mol. The molecule has 1 aromatic heterocycles. The van der Waals surface area contributed by atoms with Crippen molar-refractivity contribution >= 4 is 16.7 Å². The lowest BCUT2D eigenvalue weighted by Crippen LogP contribution is -2.41. The summed E-state index contributed by atoms with van der Waals surface area (Å²) in [6, 6.07) is 25.2. The van der Waals surface area contributed by atoms with Crippen molar-refractivity contribution in [2.75, 3.05) is 31.6 Å². The predicted molar refractivity (Wildman–Crippen MR) is 144 cm³/mol. The summed E-state index contributed by atoms with van der Waals surface area (Å²) in [7, 11) is 0. The maximum Gasteiger partial charge on any atom is 0.222 e. The highest BCUT2D eigenvalue weighted by molar-refractivity contribution is 5.82. The van der Waals surface area contributed by atoms with E-state index in [1.165, 1.54) is 21.9 Å². The Labute approximate surface area is 213 Å². The van der Waals surface area contributed by atoms with Gasteiger partial charge in [-0.25, -0.2) is 9.97 Å². The summed E-state index contributed by atoms with van der Waals surface area (Å²) in [5, 5.41) is 9.28. The minimum atomic E-state index is 0.0920. The molecule has 2 unspecified atom stereocenters. The van der Waals surface area contributed by atoms with Gasteiger partial charge >= 0.3 is 0 Å². The van der Waals surface area contributed by atoms with Crippen LogP contribution in [0.5, 0.6) is 0 Å². The fourth-order valence-electron chi connectivity index (χ4n) is 4.68. The van der Waals surface area contributed by atoms with Crippen molar-refractivity contribution < 1.29 is 9.47 Å². The lowest BCUT2D eigenvalue weighted by atomic mass is 9.89. The van der Waals surface area contributed by atoms with Crippen LogP contribution >= 0.6 is 0 Å². The number of nitrogens with zero attached hydrogens (tertiary/aromatic N) is 2. The molecular formula is C30H34N4O2. The van der Waals surface area contributed by atoms with Crippen LogP contribution in [0.2, 0.25) is 0 Å². The lowest BCUT2D eigenvalue weighted by Gasteiger charge is -2.32. The van der Waals surface area contributed by atoms with Gasteiger partial charge in [-0.2, -0.15) is 0 Å². The Kier molecular flexibility index (Phi) is 8.52. The van der Waals surface area contributed by atoms with Crippen molar-refractivity contribution in [3.63, 3.8) is 0 Å². The number of rotatable bonds is 11. The first-order valence-electron chi connectivity index (χ1n) is 12.8. The second-order valence-corrected chi connectivity index (χ2v) is 9.29. The van der Waals surface area contributed by atoms with E-state index < -0.39 is 0 Å². The van der Waals surface area contributed by atoms with E-state index in [1.54, 1.807) is 0 Å². The third-order valence-electron chi connectivity index (χ3n) is 6.66. The Hall–Kier alpha value is -3.32. The van der Waals surface area contributed by atoms with Gasteiger partial charge in [0.25, 0.3) is 0 Å². The number of benzene rings is 3. The molecule has 5 rings (SSSR count). The van der Waals surface area contributed by atoms with Gasteiger partial charge in [-0.05, 0) is 52.9 Å². The van der Waals surface area contributed by atoms with Crippen LogP contribution in [0, 0.1) is 0 Å². The number of aromatic nitrogens is 2. The van der Waals surface area contributed by atoms with E-state index >= 15 is 0 Å². The van der Waals surface area contributed by atoms with Crippen molar-refractivity contribution in [3.05, 3.63) is 102 Å². The summed E-state index contributed by atoms with van der Waals surface area (Å²) in [6.07, 6.45) is 5.90. The molecule has 3 aromatic carbocycles. The summed E-state index contributed by atoms with van der Waals surface area (Å²) >= 11 is 0. The first-order chi connectivity index (χ1) is 17.8. The van der Waals surface area contributed by atoms with Crippen LogP contribution in [-0.2, 0) is 22.7 Å². The standard InChI is InChI=1S/C30H34N4O2/c1-2-7-23(8-3-1)21-35-16-6-14-32-30-33-18-27(19-34-30)28-13-15-31-20-29(28)36-22-24-11-12-25-9-4-5-10-26(25)17-24/h1-5,7-12,17-19,28-29,31H,6,13-16,20-22H2,(H,32,33,34). The molecule has 1 saturated heterocycles. The normalized spacial score (nSPS) is 17.8. The molecule has 2 N–H and O–H groups in total. The van der Waals surface area contributed by atoms with Gasteiger partial charge in [0.15, 0.2) is 0 Å². The number of anilines is 1. The summed E-state index contributed by atoms with van der Waals surface area (Å²) < 4.78 is 12.1. The molecule has 0 amide bonds. The van der Waals surface area contributed by atoms with Crippen molar-refractivity contribution in [1.29, 1.82) is 0 Å². The molecule has 186 valence electrons. The molecule has 1 aliphatic heterocycles. The number of ether oxygens (including phenoxy) is 2. The van der Waals surface area contributed by atoms with Crippen molar-refractivity contribution in [3.8, 4) is 0 Å². The van der Waals surface area contributed by atoms with E-state index in [4.69, 9.17) is 9.47 Å². The Morgan fingerprint density at radius 1 is 0.861 bits per heavy atom. The number of hydrogen-bond donors (Lipinski definition) is 2. The summed E-state index contributed by atoms with van der Waals surface area (Å²) in [5.41, 5.74) is 3.53. The maximum absolute atomic E-state index is 6.40. The maximum atomic E-state index is 6.40. The highest BCUT2D eigenvalue weighted by atomic mass is 16.5. The fourth-order valence-corrected chi connectivity index (χ4v) is 4.68. The molecule has 1 aliphatic rings. The largest absolute Gasteiger partial charge is 0.377 e. The smallest absolute Gasteiger partial charge is 0.222 e. The minimum Gasteiger partial charge on any atom is -0.377 e. The summed E-state index contributed by atoms with van der Waals surface area (Å²) in [5.74, 6) is 0.941. The molecule has 0 spiro atoms. The molecule has 6 heteroatoms. The van der Waals surface area contributed by atoms with E-state index in [9.17, 15) is 0 Å². The number of nitrogens with one attached hydrogen (secondary N) is 2. The van der Waals surface area contributed by atoms with Gasteiger partial charge in [-0.3, -0.25) is 0 Å². The van der Waals surface area contributed by atoms with Gasteiger partial charge in [-0.1, -0.05) is 66.7 Å². The van der Waals surface area contributed by atoms with E-state index in [1.807, 2.05) is 30.6 Å². The van der Waals surface area contributed by atoms with Crippen LogP contribution in [0.3, 0.4) is 0 Å². The molecule has 4 aromatic rings. The molecular weight excluding hydrogens is 448 g/mol. The monoisotopic (exact) mass is 482 g/mol. The number of piperidine rings is 1. The molecule has 0 radical (unpaired) electrons. The first kappa shape index (κ1) is 24.4. The van der Waals surface area contributed by atoms with Gasteiger partial charge in [-0.15, -0.1) is 0 Å². The van der Waals surface area contributed by atoms with Crippen molar-refractivity contribution in [1.82, 2.24) is 15.3 Å². The third-order valence-corrected chi connectivity index (χ3v) is 6.66. The van der Waals surface area contributed by atoms with Gasteiger partial charge in [0.05, 0.1) is 19.3 Å². The summed E-state index contributed by atoms with van der Waals surface area (Å²) in [4.78, 5) is 9.13. The molecule has 2 atom stereocenters. The minimum absolute atomic E-state index is 0.0920. The fraction of sp³-hybridized carbons (Fsp3) is 0.333. The highest BCUT2D eigenvalue weighted by Gasteiger charge is 2.27. The van der Waals surface area contributed by atoms with Crippen molar-refractivity contribution in [2.24, 2.45) is 0 Å². The van der Waals surface area contributed by atoms with E-state index in [0.717, 1.165) is 38.0 Å². The summed E-state index contributed by atoms with van der Waals surface area (Å²) in [6.45, 7) is 4.53. The predicted octanol–water partition coefficient (Wildman–Crippen LogP) is 5.31. The van der Waals surface area contributed by atoms with E-state index in [2.05, 4.69) is 75.2 Å². The molecule has 0 saturated carbocycles. The Balaban J connectivity index is 1.09. The van der Waals surface area contributed by atoms with Crippen molar-refractivity contribution in [2.45, 2.75) is 38.1 Å². The number of fused-ring (bicyclic) bond motifs is 1. The van der Waals surface area contributed by atoms with Crippen LogP contribution in [0.4, 0.5) is 5.95 Å².